The third-order valence-corrected chi connectivity index (χ3v) is 4.15. The predicted octanol–water partition coefficient (Wildman–Crippen LogP) is -2.78. The highest BCUT2D eigenvalue weighted by Crippen LogP contribution is 2.19. The molecule has 9 nitrogen and oxygen atoms in total. The van der Waals surface area contributed by atoms with Gasteiger partial charge in [0, 0.05) is 39.0 Å². The molecule has 0 aliphatic carbocycles. The van der Waals surface area contributed by atoms with Gasteiger partial charge < -0.3 is 26.4 Å². The van der Waals surface area contributed by atoms with Crippen LogP contribution in [0.25, 0.3) is 0 Å². The van der Waals surface area contributed by atoms with E-state index in [-0.39, 0.29) is 24.8 Å². The molecule has 6 N–H and O–H groups in total. The average Bonchev–Trinajstić information content (AvgIpc) is 2.51. The number of nitrogens with zero attached hydrogens (tertiary/aromatic N) is 2. The first kappa shape index (κ1) is 20.1. The van der Waals surface area contributed by atoms with E-state index >= 15 is 0 Å². The molecule has 1 saturated heterocycles. The van der Waals surface area contributed by atoms with Gasteiger partial charge in [-0.25, -0.2) is 0 Å². The van der Waals surface area contributed by atoms with E-state index in [0.29, 0.717) is 13.1 Å². The number of primary amides is 1. The van der Waals surface area contributed by atoms with E-state index in [9.17, 15) is 24.9 Å². The number of nitrogens with two attached hydrogens (primary N) is 1. The highest BCUT2D eigenvalue weighted by atomic mass is 35.5. The SMILES string of the molecule is CC(=O)NC(CC(N)=O)C1CN(C(O)CCl)CCN1C(O)CO. The Labute approximate surface area is 140 Å². The summed E-state index contributed by atoms with van der Waals surface area (Å²) in [7, 11) is 0. The number of rotatable bonds is 8. The Hall–Kier alpha value is -0.970. The van der Waals surface area contributed by atoms with Gasteiger partial charge in [-0.05, 0) is 0 Å². The number of amides is 2. The number of halogens is 1. The number of piperazine rings is 1. The Bertz CT molecular complexity index is 398. The summed E-state index contributed by atoms with van der Waals surface area (Å²) in [5.74, 6) is -0.933. The highest BCUT2D eigenvalue weighted by Gasteiger charge is 2.38. The van der Waals surface area contributed by atoms with Crippen molar-refractivity contribution in [3.8, 4) is 0 Å². The fourth-order valence-corrected chi connectivity index (χ4v) is 3.00. The predicted molar refractivity (Wildman–Crippen MR) is 83.3 cm³/mol. The Morgan fingerprint density at radius 1 is 1.35 bits per heavy atom. The van der Waals surface area contributed by atoms with Crippen LogP contribution in [0.1, 0.15) is 13.3 Å². The smallest absolute Gasteiger partial charge is 0.219 e. The van der Waals surface area contributed by atoms with Gasteiger partial charge in [0.2, 0.25) is 11.8 Å². The van der Waals surface area contributed by atoms with Crippen molar-refractivity contribution in [1.29, 1.82) is 0 Å². The van der Waals surface area contributed by atoms with Gasteiger partial charge in [-0.1, -0.05) is 0 Å². The lowest BCUT2D eigenvalue weighted by molar-refractivity contribution is -0.130. The molecule has 0 saturated carbocycles. The summed E-state index contributed by atoms with van der Waals surface area (Å²) < 4.78 is 0. The molecule has 4 unspecified atom stereocenters. The summed E-state index contributed by atoms with van der Waals surface area (Å²) in [6.45, 7) is 1.83. The van der Waals surface area contributed by atoms with Crippen molar-refractivity contribution >= 4 is 23.4 Å². The Balaban J connectivity index is 3.00. The largest absolute Gasteiger partial charge is 0.392 e. The lowest BCUT2D eigenvalue weighted by Crippen LogP contribution is -2.66. The molecule has 0 radical (unpaired) electrons. The van der Waals surface area contributed by atoms with Crippen molar-refractivity contribution in [2.24, 2.45) is 5.73 Å². The zero-order valence-corrected chi connectivity index (χ0v) is 13.8. The molecule has 1 aliphatic heterocycles. The lowest BCUT2D eigenvalue weighted by atomic mass is 9.99. The molecule has 0 bridgehead atoms. The van der Waals surface area contributed by atoms with E-state index in [1.807, 2.05) is 0 Å². The first-order chi connectivity index (χ1) is 10.8. The van der Waals surface area contributed by atoms with Gasteiger partial charge in [-0.15, -0.1) is 11.6 Å². The number of hydrogen-bond acceptors (Lipinski definition) is 7. The molecule has 0 aromatic heterocycles. The quantitative estimate of drug-likeness (QED) is 0.298. The average molecular weight is 353 g/mol. The maximum absolute atomic E-state index is 11.4. The van der Waals surface area contributed by atoms with E-state index in [2.05, 4.69) is 5.32 Å². The van der Waals surface area contributed by atoms with Crippen molar-refractivity contribution in [2.75, 3.05) is 32.1 Å². The van der Waals surface area contributed by atoms with Crippen molar-refractivity contribution in [2.45, 2.75) is 37.9 Å². The minimum Gasteiger partial charge on any atom is -0.392 e. The summed E-state index contributed by atoms with van der Waals surface area (Å²) in [5.41, 5.74) is 5.25. The Morgan fingerprint density at radius 2 is 2.00 bits per heavy atom. The zero-order chi connectivity index (χ0) is 17.6. The molecule has 1 heterocycles. The summed E-state index contributed by atoms with van der Waals surface area (Å²) in [6.07, 6.45) is -2.14. The maximum atomic E-state index is 11.4. The van der Waals surface area contributed by atoms with E-state index in [0.717, 1.165) is 0 Å². The minimum absolute atomic E-state index is 0.00982. The lowest BCUT2D eigenvalue weighted by Gasteiger charge is -2.47. The monoisotopic (exact) mass is 352 g/mol. The first-order valence-corrected chi connectivity index (χ1v) is 7.91. The molecule has 2 amide bonds. The molecule has 1 rings (SSSR count). The van der Waals surface area contributed by atoms with Gasteiger partial charge in [-0.3, -0.25) is 19.4 Å². The highest BCUT2D eigenvalue weighted by molar-refractivity contribution is 6.18. The Morgan fingerprint density at radius 3 is 2.48 bits per heavy atom. The van der Waals surface area contributed by atoms with Crippen LogP contribution in [-0.2, 0) is 9.59 Å². The molecule has 134 valence electrons. The second-order valence-corrected chi connectivity index (χ2v) is 5.88. The van der Waals surface area contributed by atoms with Crippen LogP contribution in [0.2, 0.25) is 0 Å². The van der Waals surface area contributed by atoms with Gasteiger partial charge >= 0.3 is 0 Å². The van der Waals surface area contributed by atoms with Crippen LogP contribution < -0.4 is 11.1 Å². The van der Waals surface area contributed by atoms with Crippen molar-refractivity contribution in [3.63, 3.8) is 0 Å². The fraction of sp³-hybridized carbons (Fsp3) is 0.846. The van der Waals surface area contributed by atoms with Crippen LogP contribution in [0.4, 0.5) is 0 Å². The zero-order valence-electron chi connectivity index (χ0n) is 13.1. The van der Waals surface area contributed by atoms with Crippen LogP contribution in [-0.4, -0.2) is 93.6 Å². The van der Waals surface area contributed by atoms with E-state index in [1.165, 1.54) is 6.92 Å². The van der Waals surface area contributed by atoms with E-state index < -0.39 is 37.1 Å². The fourth-order valence-electron chi connectivity index (χ4n) is 2.81. The topological polar surface area (TPSA) is 139 Å². The van der Waals surface area contributed by atoms with Gasteiger partial charge in [0.15, 0.2) is 0 Å². The van der Waals surface area contributed by atoms with Crippen molar-refractivity contribution in [1.82, 2.24) is 15.1 Å². The van der Waals surface area contributed by atoms with Crippen LogP contribution >= 0.6 is 11.6 Å². The number of aliphatic hydroxyl groups is 3. The number of hydrogen-bond donors (Lipinski definition) is 5. The first-order valence-electron chi connectivity index (χ1n) is 7.38. The van der Waals surface area contributed by atoms with Gasteiger partial charge in [0.05, 0.1) is 18.5 Å². The molecule has 0 aromatic carbocycles. The van der Waals surface area contributed by atoms with Crippen LogP contribution in [0.5, 0.6) is 0 Å². The summed E-state index contributed by atoms with van der Waals surface area (Å²) >= 11 is 5.67. The summed E-state index contributed by atoms with van der Waals surface area (Å²) in [5, 5.41) is 31.8. The second kappa shape index (κ2) is 9.36. The second-order valence-electron chi connectivity index (χ2n) is 5.58. The number of carbonyl (C=O) groups is 2. The third-order valence-electron chi connectivity index (χ3n) is 3.87. The standard InChI is InChI=1S/C13H25ClN4O5/c1-8(20)16-9(4-11(15)21)10-6-17(12(22)5-14)2-3-18(10)13(23)7-19/h9-10,12-13,19,22-23H,2-7H2,1H3,(H2,15,21)(H,16,20). The minimum atomic E-state index is -1.14. The summed E-state index contributed by atoms with van der Waals surface area (Å²) in [4.78, 5) is 26.0. The Kier molecular flexibility index (Phi) is 8.17. The number of carbonyl (C=O) groups excluding carboxylic acids is 2. The van der Waals surface area contributed by atoms with E-state index in [1.54, 1.807) is 9.80 Å². The molecule has 23 heavy (non-hydrogen) atoms. The van der Waals surface area contributed by atoms with Crippen molar-refractivity contribution < 1.29 is 24.9 Å². The molecule has 4 atom stereocenters. The number of alkyl halides is 1. The normalized spacial score (nSPS) is 24.0. The maximum Gasteiger partial charge on any atom is 0.219 e. The molecule has 0 aromatic rings. The number of nitrogens with one attached hydrogen (secondary N) is 1. The molecular weight excluding hydrogens is 328 g/mol. The summed E-state index contributed by atoms with van der Waals surface area (Å²) in [6, 6.07) is -1.17. The van der Waals surface area contributed by atoms with Gasteiger partial charge in [-0.2, -0.15) is 0 Å². The molecular formula is C13H25ClN4O5. The molecule has 1 aliphatic rings. The van der Waals surface area contributed by atoms with Crippen molar-refractivity contribution in [3.05, 3.63) is 0 Å². The van der Waals surface area contributed by atoms with Crippen LogP contribution in [0.3, 0.4) is 0 Å². The van der Waals surface area contributed by atoms with Gasteiger partial charge in [0.1, 0.15) is 12.5 Å². The number of aliphatic hydroxyl groups excluding tert-OH is 3. The molecule has 1 fully saturated rings. The van der Waals surface area contributed by atoms with Crippen LogP contribution in [0.15, 0.2) is 0 Å². The van der Waals surface area contributed by atoms with Gasteiger partial charge in [0.25, 0.3) is 0 Å². The molecule has 10 heteroatoms. The molecule has 0 spiro atoms. The third kappa shape index (κ3) is 5.87. The van der Waals surface area contributed by atoms with E-state index in [4.69, 9.17) is 17.3 Å². The van der Waals surface area contributed by atoms with Crippen LogP contribution in [0, 0.1) is 0 Å².